The minimum absolute atomic E-state index is 0.202. The van der Waals surface area contributed by atoms with Crippen LogP contribution in [-0.4, -0.2) is 60.4 Å². The van der Waals surface area contributed by atoms with E-state index in [2.05, 4.69) is 5.32 Å². The van der Waals surface area contributed by atoms with Crippen molar-refractivity contribution in [3.63, 3.8) is 0 Å². The molecule has 1 aromatic carbocycles. The van der Waals surface area contributed by atoms with Crippen molar-refractivity contribution < 1.29 is 19.1 Å². The van der Waals surface area contributed by atoms with Gasteiger partial charge >= 0.3 is 6.03 Å². The zero-order valence-electron chi connectivity index (χ0n) is 13.3. The van der Waals surface area contributed by atoms with Crippen LogP contribution in [0, 0.1) is 0 Å². The predicted octanol–water partition coefficient (Wildman–Crippen LogP) is 1.84. The molecule has 0 aromatic heterocycles. The van der Waals surface area contributed by atoms with Crippen molar-refractivity contribution in [1.29, 1.82) is 0 Å². The molecule has 2 aliphatic heterocycles. The highest BCUT2D eigenvalue weighted by Gasteiger charge is 2.31. The smallest absolute Gasteiger partial charge is 0.324 e. The first-order valence-corrected chi connectivity index (χ1v) is 8.64. The van der Waals surface area contributed by atoms with Crippen LogP contribution in [0.25, 0.3) is 0 Å². The van der Waals surface area contributed by atoms with Crippen molar-refractivity contribution >= 4 is 41.0 Å². The Morgan fingerprint density at radius 1 is 1.28 bits per heavy atom. The largest absolute Gasteiger partial charge is 0.370 e. The van der Waals surface area contributed by atoms with Crippen molar-refractivity contribution in [2.45, 2.75) is 12.5 Å². The molecule has 4 amide bonds. The minimum Gasteiger partial charge on any atom is -0.370 e. The molecule has 0 saturated carbocycles. The third-order valence-electron chi connectivity index (χ3n) is 4.19. The highest BCUT2D eigenvalue weighted by molar-refractivity contribution is 6.42. The number of rotatable bonds is 3. The fourth-order valence-corrected chi connectivity index (χ4v) is 3.11. The summed E-state index contributed by atoms with van der Waals surface area (Å²) >= 11 is 12.0. The summed E-state index contributed by atoms with van der Waals surface area (Å²) in [6, 6.07) is 4.66. The average Bonchev–Trinajstić information content (AvgIpc) is 2.60. The van der Waals surface area contributed by atoms with Crippen LogP contribution >= 0.6 is 23.2 Å². The molecule has 2 heterocycles. The molecule has 1 N–H and O–H groups in total. The number of morpholine rings is 1. The van der Waals surface area contributed by atoms with E-state index in [1.54, 1.807) is 23.1 Å². The Hall–Kier alpha value is -1.83. The Bertz CT molecular complexity index is 697. The molecule has 1 aromatic rings. The molecule has 1 atom stereocenters. The quantitative estimate of drug-likeness (QED) is 0.860. The number of ether oxygens (including phenoxy) is 1. The maximum atomic E-state index is 12.5. The van der Waals surface area contributed by atoms with E-state index >= 15 is 0 Å². The minimum atomic E-state index is -0.529. The van der Waals surface area contributed by atoms with E-state index in [0.717, 1.165) is 10.5 Å². The van der Waals surface area contributed by atoms with E-state index in [1.165, 1.54) is 0 Å². The monoisotopic (exact) mass is 385 g/mol. The van der Waals surface area contributed by atoms with Crippen LogP contribution in [0.15, 0.2) is 18.2 Å². The number of carbonyl (C=O) groups excluding carboxylic acids is 3. The number of nitrogens with zero attached hydrogens (tertiary/aromatic N) is 2. The van der Waals surface area contributed by atoms with Gasteiger partial charge in [-0.3, -0.25) is 14.5 Å². The number of hydrogen-bond donors (Lipinski definition) is 1. The van der Waals surface area contributed by atoms with Gasteiger partial charge < -0.3 is 15.0 Å². The molecule has 25 heavy (non-hydrogen) atoms. The first-order chi connectivity index (χ1) is 12.0. The van der Waals surface area contributed by atoms with Gasteiger partial charge in [0.15, 0.2) is 0 Å². The second-order valence-corrected chi connectivity index (χ2v) is 6.65. The van der Waals surface area contributed by atoms with Gasteiger partial charge in [0.25, 0.3) is 0 Å². The summed E-state index contributed by atoms with van der Waals surface area (Å²) in [6.07, 6.45) is -0.132. The third kappa shape index (κ3) is 4.05. The van der Waals surface area contributed by atoms with Crippen molar-refractivity contribution in [3.05, 3.63) is 33.8 Å². The molecule has 0 radical (unpaired) electrons. The van der Waals surface area contributed by atoms with Gasteiger partial charge in [-0.2, -0.15) is 0 Å². The van der Waals surface area contributed by atoms with Crippen LogP contribution in [0.5, 0.6) is 0 Å². The standard InChI is InChI=1S/C16H17Cl2N3O4/c17-11-2-1-10(7-12(11)18)13-8-20(5-6-25-13)15(23)9-21-14(22)3-4-19-16(21)24/h1-2,7,13H,3-6,8-9H2,(H,19,24)/t13-/m1/s1. The van der Waals surface area contributed by atoms with E-state index < -0.39 is 6.03 Å². The van der Waals surface area contributed by atoms with Gasteiger partial charge in [-0.15, -0.1) is 0 Å². The first-order valence-electron chi connectivity index (χ1n) is 7.88. The number of hydrogen-bond acceptors (Lipinski definition) is 4. The first kappa shape index (κ1) is 18.0. The molecule has 0 spiro atoms. The highest BCUT2D eigenvalue weighted by Crippen LogP contribution is 2.29. The topological polar surface area (TPSA) is 79.0 Å². The Labute approximate surface area is 154 Å². The van der Waals surface area contributed by atoms with Crippen molar-refractivity contribution in [2.24, 2.45) is 0 Å². The van der Waals surface area contributed by atoms with Gasteiger partial charge in [0.1, 0.15) is 12.6 Å². The van der Waals surface area contributed by atoms with E-state index in [1.807, 2.05) is 0 Å². The van der Waals surface area contributed by atoms with Crippen LogP contribution < -0.4 is 5.32 Å². The molecule has 2 fully saturated rings. The Morgan fingerprint density at radius 2 is 2.08 bits per heavy atom. The van der Waals surface area contributed by atoms with Gasteiger partial charge in [0.05, 0.1) is 23.2 Å². The fourth-order valence-electron chi connectivity index (χ4n) is 2.81. The Balaban J connectivity index is 1.66. The van der Waals surface area contributed by atoms with Gasteiger partial charge in [-0.1, -0.05) is 29.3 Å². The van der Waals surface area contributed by atoms with Crippen LogP contribution in [0.2, 0.25) is 10.0 Å². The summed E-state index contributed by atoms with van der Waals surface area (Å²) in [5, 5.41) is 3.43. The molecule has 9 heteroatoms. The number of nitrogens with one attached hydrogen (secondary N) is 1. The van der Waals surface area contributed by atoms with Gasteiger partial charge in [0.2, 0.25) is 11.8 Å². The number of carbonyl (C=O) groups is 3. The molecular formula is C16H17Cl2N3O4. The lowest BCUT2D eigenvalue weighted by Gasteiger charge is -2.35. The number of urea groups is 1. The molecule has 3 rings (SSSR count). The summed E-state index contributed by atoms with van der Waals surface area (Å²) in [5.41, 5.74) is 0.818. The molecule has 0 unspecified atom stereocenters. The zero-order chi connectivity index (χ0) is 18.0. The zero-order valence-corrected chi connectivity index (χ0v) is 14.8. The molecular weight excluding hydrogens is 369 g/mol. The average molecular weight is 386 g/mol. The SMILES string of the molecule is O=C(CN1C(=O)CCNC1=O)N1CCO[C@@H](c2ccc(Cl)c(Cl)c2)C1. The lowest BCUT2D eigenvalue weighted by Crippen LogP contribution is -2.54. The summed E-state index contributed by atoms with van der Waals surface area (Å²) in [6.45, 7) is 1.12. The van der Waals surface area contributed by atoms with Crippen LogP contribution in [-0.2, 0) is 14.3 Å². The molecule has 134 valence electrons. The summed E-state index contributed by atoms with van der Waals surface area (Å²) in [4.78, 5) is 38.6. The summed E-state index contributed by atoms with van der Waals surface area (Å²) in [5.74, 6) is -0.634. The van der Waals surface area contributed by atoms with E-state index in [0.29, 0.717) is 36.3 Å². The van der Waals surface area contributed by atoms with Gasteiger partial charge in [0, 0.05) is 19.5 Å². The highest BCUT2D eigenvalue weighted by atomic mass is 35.5. The maximum absolute atomic E-state index is 12.5. The molecule has 2 saturated heterocycles. The number of imide groups is 1. The fraction of sp³-hybridized carbons (Fsp3) is 0.438. The van der Waals surface area contributed by atoms with Crippen molar-refractivity contribution in [3.8, 4) is 0 Å². The lowest BCUT2D eigenvalue weighted by molar-refractivity contribution is -0.143. The third-order valence-corrected chi connectivity index (χ3v) is 4.93. The Morgan fingerprint density at radius 3 is 2.80 bits per heavy atom. The van der Waals surface area contributed by atoms with Crippen LogP contribution in [0.1, 0.15) is 18.1 Å². The lowest BCUT2D eigenvalue weighted by atomic mass is 10.1. The number of halogens is 2. The molecule has 0 aliphatic carbocycles. The second kappa shape index (κ2) is 7.59. The molecule has 7 nitrogen and oxygen atoms in total. The van der Waals surface area contributed by atoms with Crippen molar-refractivity contribution in [2.75, 3.05) is 32.8 Å². The molecule has 0 bridgehead atoms. The normalized spacial score (nSPS) is 21.3. The van der Waals surface area contributed by atoms with Crippen molar-refractivity contribution in [1.82, 2.24) is 15.1 Å². The molecule has 2 aliphatic rings. The Kier molecular flexibility index (Phi) is 5.46. The second-order valence-electron chi connectivity index (χ2n) is 5.83. The van der Waals surface area contributed by atoms with E-state index in [-0.39, 0.29) is 30.9 Å². The number of benzene rings is 1. The van der Waals surface area contributed by atoms with E-state index in [9.17, 15) is 14.4 Å². The van der Waals surface area contributed by atoms with Crippen LogP contribution in [0.3, 0.4) is 0 Å². The van der Waals surface area contributed by atoms with E-state index in [4.69, 9.17) is 27.9 Å². The van der Waals surface area contributed by atoms with Gasteiger partial charge in [-0.25, -0.2) is 4.79 Å². The van der Waals surface area contributed by atoms with Gasteiger partial charge in [-0.05, 0) is 17.7 Å². The summed E-state index contributed by atoms with van der Waals surface area (Å²) in [7, 11) is 0. The number of amides is 4. The maximum Gasteiger partial charge on any atom is 0.324 e. The predicted molar refractivity (Wildman–Crippen MR) is 91.5 cm³/mol. The summed E-state index contributed by atoms with van der Waals surface area (Å²) < 4.78 is 5.72. The van der Waals surface area contributed by atoms with Crippen LogP contribution in [0.4, 0.5) is 4.79 Å².